The van der Waals surface area contributed by atoms with Crippen molar-refractivity contribution in [3.63, 3.8) is 0 Å². The zero-order valence-electron chi connectivity index (χ0n) is 19.4. The van der Waals surface area contributed by atoms with Crippen LogP contribution in [0.15, 0.2) is 48.5 Å². The van der Waals surface area contributed by atoms with Crippen LogP contribution in [0.25, 0.3) is 11.1 Å². The highest BCUT2D eigenvalue weighted by Crippen LogP contribution is 2.44. The van der Waals surface area contributed by atoms with E-state index in [-0.39, 0.29) is 43.6 Å². The number of amides is 2. The first-order chi connectivity index (χ1) is 17.0. The summed E-state index contributed by atoms with van der Waals surface area (Å²) in [5, 5.41) is 15.1. The number of ether oxygens (including phenoxy) is 2. The number of aliphatic carboxylic acids is 1. The molecule has 5 rings (SSSR count). The van der Waals surface area contributed by atoms with Gasteiger partial charge in [-0.1, -0.05) is 55.0 Å². The maximum Gasteiger partial charge on any atom is 0.407 e. The molecule has 8 heteroatoms. The lowest BCUT2D eigenvalue weighted by molar-refractivity contribution is -0.142. The molecule has 1 heterocycles. The largest absolute Gasteiger partial charge is 0.481 e. The van der Waals surface area contributed by atoms with E-state index >= 15 is 0 Å². The molecule has 2 aromatic rings. The molecule has 2 amide bonds. The first-order valence-electron chi connectivity index (χ1n) is 12.2. The fraction of sp³-hybridized carbons (Fsp3) is 0.444. The second-order valence-corrected chi connectivity index (χ2v) is 9.63. The second kappa shape index (κ2) is 10.1. The summed E-state index contributed by atoms with van der Waals surface area (Å²) in [6.45, 7) is 0.558. The van der Waals surface area contributed by atoms with E-state index < -0.39 is 24.0 Å². The van der Waals surface area contributed by atoms with Crippen LogP contribution in [0.3, 0.4) is 0 Å². The summed E-state index contributed by atoms with van der Waals surface area (Å²) in [5.74, 6) is -2.15. The Balaban J connectivity index is 1.14. The van der Waals surface area contributed by atoms with Gasteiger partial charge in [0, 0.05) is 17.9 Å². The quantitative estimate of drug-likeness (QED) is 0.587. The monoisotopic (exact) mass is 478 g/mol. The van der Waals surface area contributed by atoms with Crippen LogP contribution in [0.2, 0.25) is 0 Å². The van der Waals surface area contributed by atoms with E-state index in [1.54, 1.807) is 0 Å². The molecule has 1 saturated heterocycles. The van der Waals surface area contributed by atoms with Gasteiger partial charge in [0.25, 0.3) is 0 Å². The van der Waals surface area contributed by atoms with E-state index in [9.17, 15) is 19.5 Å². The number of hydrogen-bond acceptors (Lipinski definition) is 5. The fourth-order valence-electron chi connectivity index (χ4n) is 5.61. The number of carboxylic acid groups (broad SMARTS) is 1. The Labute approximate surface area is 204 Å². The summed E-state index contributed by atoms with van der Waals surface area (Å²) in [6.07, 6.45) is 2.31. The normalized spacial score (nSPS) is 25.4. The number of nitrogens with one attached hydrogen (secondary N) is 2. The Morgan fingerprint density at radius 3 is 2.31 bits per heavy atom. The molecular weight excluding hydrogens is 448 g/mol. The maximum absolute atomic E-state index is 12.8. The van der Waals surface area contributed by atoms with Gasteiger partial charge in [-0.3, -0.25) is 9.59 Å². The molecule has 0 spiro atoms. The van der Waals surface area contributed by atoms with Crippen molar-refractivity contribution >= 4 is 18.0 Å². The van der Waals surface area contributed by atoms with Gasteiger partial charge in [-0.2, -0.15) is 0 Å². The molecule has 35 heavy (non-hydrogen) atoms. The van der Waals surface area contributed by atoms with Crippen LogP contribution in [0.5, 0.6) is 0 Å². The molecule has 2 fully saturated rings. The minimum absolute atomic E-state index is 0.00570. The average Bonchev–Trinajstić information content (AvgIpc) is 3.45. The number of alkyl carbamates (subject to hydrolysis) is 1. The molecule has 4 atom stereocenters. The van der Waals surface area contributed by atoms with Crippen molar-refractivity contribution in [2.45, 2.75) is 43.7 Å². The van der Waals surface area contributed by atoms with Gasteiger partial charge in [-0.25, -0.2) is 4.79 Å². The van der Waals surface area contributed by atoms with Gasteiger partial charge in [0.1, 0.15) is 12.5 Å². The summed E-state index contributed by atoms with van der Waals surface area (Å²) in [7, 11) is 0. The summed E-state index contributed by atoms with van der Waals surface area (Å²) >= 11 is 0. The van der Waals surface area contributed by atoms with E-state index in [0.29, 0.717) is 12.8 Å². The minimum atomic E-state index is -0.966. The smallest absolute Gasteiger partial charge is 0.407 e. The number of carboxylic acids is 1. The lowest BCUT2D eigenvalue weighted by atomic mass is 9.85. The highest BCUT2D eigenvalue weighted by Gasteiger charge is 2.37. The van der Waals surface area contributed by atoms with Crippen LogP contribution in [0.1, 0.15) is 42.7 Å². The summed E-state index contributed by atoms with van der Waals surface area (Å²) in [6, 6.07) is 15.7. The van der Waals surface area contributed by atoms with Crippen molar-refractivity contribution in [1.82, 2.24) is 10.6 Å². The van der Waals surface area contributed by atoms with Crippen LogP contribution >= 0.6 is 0 Å². The van der Waals surface area contributed by atoms with Crippen molar-refractivity contribution in [2.75, 3.05) is 19.8 Å². The third kappa shape index (κ3) is 4.89. The SMILES string of the molecule is O=C(N[C@@H]1CCC[C@@H](C(=O)NC2COCC2C(=O)O)C1)OCC1c2ccccc2-c2ccccc21. The van der Waals surface area contributed by atoms with E-state index in [4.69, 9.17) is 9.47 Å². The Morgan fingerprint density at radius 2 is 1.63 bits per heavy atom. The molecule has 0 bridgehead atoms. The predicted molar refractivity (Wildman–Crippen MR) is 128 cm³/mol. The van der Waals surface area contributed by atoms with Crippen LogP contribution in [0.4, 0.5) is 4.79 Å². The first-order valence-corrected chi connectivity index (χ1v) is 12.2. The number of carbonyl (C=O) groups is 3. The van der Waals surface area contributed by atoms with Crippen molar-refractivity contribution < 1.29 is 29.0 Å². The number of fused-ring (bicyclic) bond motifs is 3. The van der Waals surface area contributed by atoms with Gasteiger partial charge < -0.3 is 25.2 Å². The summed E-state index contributed by atoms with van der Waals surface area (Å²) in [4.78, 5) is 36.8. The molecule has 3 N–H and O–H groups in total. The number of carbonyl (C=O) groups excluding carboxylic acids is 2. The molecular formula is C27H30N2O6. The van der Waals surface area contributed by atoms with Gasteiger partial charge in [0.05, 0.1) is 19.3 Å². The number of rotatable bonds is 6. The predicted octanol–water partition coefficient (Wildman–Crippen LogP) is 3.30. The molecule has 2 aliphatic carbocycles. The van der Waals surface area contributed by atoms with Gasteiger partial charge in [-0.15, -0.1) is 0 Å². The topological polar surface area (TPSA) is 114 Å². The van der Waals surface area contributed by atoms with E-state index in [0.717, 1.165) is 24.0 Å². The van der Waals surface area contributed by atoms with Crippen molar-refractivity contribution in [1.29, 1.82) is 0 Å². The van der Waals surface area contributed by atoms with Gasteiger partial charge in [0.2, 0.25) is 5.91 Å². The molecule has 0 aromatic heterocycles. The zero-order chi connectivity index (χ0) is 24.4. The fourth-order valence-corrected chi connectivity index (χ4v) is 5.61. The van der Waals surface area contributed by atoms with E-state index in [1.165, 1.54) is 11.1 Å². The first kappa shape index (κ1) is 23.4. The summed E-state index contributed by atoms with van der Waals surface area (Å²) in [5.41, 5.74) is 4.67. The highest BCUT2D eigenvalue weighted by atomic mass is 16.5. The molecule has 8 nitrogen and oxygen atoms in total. The molecule has 3 aliphatic rings. The van der Waals surface area contributed by atoms with Crippen molar-refractivity contribution in [2.24, 2.45) is 11.8 Å². The van der Waals surface area contributed by atoms with Crippen LogP contribution in [-0.2, 0) is 19.1 Å². The van der Waals surface area contributed by atoms with Gasteiger partial charge in [-0.05, 0) is 41.5 Å². The second-order valence-electron chi connectivity index (χ2n) is 9.63. The van der Waals surface area contributed by atoms with Gasteiger partial charge in [0.15, 0.2) is 0 Å². The molecule has 2 aromatic carbocycles. The third-order valence-corrected chi connectivity index (χ3v) is 7.44. The van der Waals surface area contributed by atoms with Crippen LogP contribution in [-0.4, -0.2) is 55.0 Å². The maximum atomic E-state index is 12.8. The number of benzene rings is 2. The van der Waals surface area contributed by atoms with E-state index in [1.807, 2.05) is 24.3 Å². The average molecular weight is 479 g/mol. The summed E-state index contributed by atoms with van der Waals surface area (Å²) < 4.78 is 10.9. The Bertz CT molecular complexity index is 1070. The Kier molecular flexibility index (Phi) is 6.72. The number of hydrogen-bond donors (Lipinski definition) is 3. The van der Waals surface area contributed by atoms with Crippen molar-refractivity contribution in [3.8, 4) is 11.1 Å². The van der Waals surface area contributed by atoms with Crippen LogP contribution < -0.4 is 10.6 Å². The Hall–Kier alpha value is -3.39. The van der Waals surface area contributed by atoms with Gasteiger partial charge >= 0.3 is 12.1 Å². The van der Waals surface area contributed by atoms with Crippen LogP contribution in [0, 0.1) is 11.8 Å². The zero-order valence-corrected chi connectivity index (χ0v) is 19.4. The lowest BCUT2D eigenvalue weighted by Crippen LogP contribution is -2.48. The molecule has 1 saturated carbocycles. The molecule has 0 radical (unpaired) electrons. The molecule has 2 unspecified atom stereocenters. The molecule has 1 aliphatic heterocycles. The van der Waals surface area contributed by atoms with Crippen molar-refractivity contribution in [3.05, 3.63) is 59.7 Å². The lowest BCUT2D eigenvalue weighted by Gasteiger charge is -2.30. The third-order valence-electron chi connectivity index (χ3n) is 7.44. The minimum Gasteiger partial charge on any atom is -0.481 e. The van der Waals surface area contributed by atoms with E-state index in [2.05, 4.69) is 34.9 Å². The molecule has 184 valence electrons. The Morgan fingerprint density at radius 1 is 0.943 bits per heavy atom. The highest BCUT2D eigenvalue weighted by molar-refractivity contribution is 5.81. The standard InChI is InChI=1S/C27H30N2O6/c30-25(29-24-15-34-13-23(24)26(31)32)16-6-5-7-17(12-16)28-27(33)35-14-22-20-10-3-1-8-18(20)19-9-2-4-11-21(19)22/h1-4,8-11,16-17,22-24H,5-7,12-15H2,(H,28,33)(H,29,30)(H,31,32)/t16-,17-,23?,24?/m1/s1.